The summed E-state index contributed by atoms with van der Waals surface area (Å²) in [5.74, 6) is -0.0179. The zero-order valence-corrected chi connectivity index (χ0v) is 13.5. The van der Waals surface area contributed by atoms with Crippen LogP contribution in [0.4, 0.5) is 0 Å². The van der Waals surface area contributed by atoms with Crippen molar-refractivity contribution in [3.05, 3.63) is 23.5 Å². The Balaban J connectivity index is 1.65. The minimum absolute atomic E-state index is 0.0179. The van der Waals surface area contributed by atoms with Gasteiger partial charge in [-0.2, -0.15) is 0 Å². The Morgan fingerprint density at radius 2 is 2.13 bits per heavy atom. The molecule has 1 aliphatic rings. The second-order valence-electron chi connectivity index (χ2n) is 6.00. The molecule has 1 saturated heterocycles. The van der Waals surface area contributed by atoms with Crippen LogP contribution in [0.5, 0.6) is 0 Å². The van der Waals surface area contributed by atoms with Gasteiger partial charge in [0, 0.05) is 38.9 Å². The number of nitrogens with zero attached hydrogens (tertiary/aromatic N) is 4. The molecule has 1 amide bonds. The molecule has 0 aromatic carbocycles. The van der Waals surface area contributed by atoms with E-state index in [-0.39, 0.29) is 12.0 Å². The number of carbonyl (C=O) groups excluding carboxylic acids is 1. The van der Waals surface area contributed by atoms with Gasteiger partial charge in [-0.1, -0.05) is 12.1 Å². The number of rotatable bonds is 4. The highest BCUT2D eigenvalue weighted by Gasteiger charge is 2.24. The fourth-order valence-corrected chi connectivity index (χ4v) is 2.81. The van der Waals surface area contributed by atoms with Crippen LogP contribution in [0, 0.1) is 6.92 Å². The maximum absolute atomic E-state index is 12.6. The molecule has 124 valence electrons. The van der Waals surface area contributed by atoms with E-state index in [2.05, 4.69) is 15.0 Å². The first-order chi connectivity index (χ1) is 11.1. The van der Waals surface area contributed by atoms with Crippen LogP contribution in [-0.4, -0.2) is 69.8 Å². The third-order valence-electron chi connectivity index (χ3n) is 4.36. The van der Waals surface area contributed by atoms with Crippen LogP contribution in [-0.2, 0) is 0 Å². The number of aliphatic hydroxyl groups excluding tert-OH is 1. The molecule has 7 nitrogen and oxygen atoms in total. The van der Waals surface area contributed by atoms with Crippen molar-refractivity contribution in [1.29, 1.82) is 0 Å². The summed E-state index contributed by atoms with van der Waals surface area (Å²) >= 11 is 0. The van der Waals surface area contributed by atoms with Crippen LogP contribution in [0.3, 0.4) is 0 Å². The van der Waals surface area contributed by atoms with Gasteiger partial charge in [0.1, 0.15) is 0 Å². The maximum atomic E-state index is 12.6. The molecule has 2 aromatic rings. The van der Waals surface area contributed by atoms with Gasteiger partial charge in [0.2, 0.25) is 0 Å². The zero-order valence-electron chi connectivity index (χ0n) is 13.5. The van der Waals surface area contributed by atoms with Crippen LogP contribution in [0.25, 0.3) is 11.1 Å². The number of carbonyl (C=O) groups is 1. The number of piperazine rings is 1. The van der Waals surface area contributed by atoms with Gasteiger partial charge >= 0.3 is 0 Å². The van der Waals surface area contributed by atoms with Crippen LogP contribution in [0.15, 0.2) is 16.8 Å². The second kappa shape index (κ2) is 6.64. The van der Waals surface area contributed by atoms with E-state index in [0.717, 1.165) is 30.6 Å². The van der Waals surface area contributed by atoms with E-state index in [1.165, 1.54) is 0 Å². The van der Waals surface area contributed by atoms with Gasteiger partial charge in [-0.3, -0.25) is 9.69 Å². The molecular formula is C16H22N4O3. The number of β-amino-alcohol motifs (C(OH)–C–C–N with tert-alkyl or cyclic N) is 1. The third kappa shape index (κ3) is 3.35. The van der Waals surface area contributed by atoms with Crippen LogP contribution >= 0.6 is 0 Å². The Labute approximate surface area is 134 Å². The SMILES string of the molecule is CC[C@H](O)CN1CCN(C(=O)c2cnc3onc(C)c3c2)CC1. The molecule has 1 atom stereocenters. The van der Waals surface area contributed by atoms with Gasteiger partial charge < -0.3 is 14.5 Å². The van der Waals surface area contributed by atoms with Gasteiger partial charge in [0.05, 0.1) is 22.7 Å². The van der Waals surface area contributed by atoms with Crippen molar-refractivity contribution in [3.63, 3.8) is 0 Å². The van der Waals surface area contributed by atoms with Crippen molar-refractivity contribution < 1.29 is 14.4 Å². The average Bonchev–Trinajstić information content (AvgIpc) is 2.95. The largest absolute Gasteiger partial charge is 0.392 e. The Morgan fingerprint density at radius 1 is 1.39 bits per heavy atom. The third-order valence-corrected chi connectivity index (χ3v) is 4.36. The Kier molecular flexibility index (Phi) is 4.58. The molecule has 3 heterocycles. The molecule has 23 heavy (non-hydrogen) atoms. The quantitative estimate of drug-likeness (QED) is 0.907. The summed E-state index contributed by atoms with van der Waals surface area (Å²) in [6, 6.07) is 1.80. The molecule has 0 aliphatic carbocycles. The van der Waals surface area contributed by atoms with Crippen molar-refractivity contribution in [2.24, 2.45) is 0 Å². The van der Waals surface area contributed by atoms with E-state index in [9.17, 15) is 9.90 Å². The molecule has 1 aliphatic heterocycles. The van der Waals surface area contributed by atoms with Crippen molar-refractivity contribution in [3.8, 4) is 0 Å². The minimum atomic E-state index is -0.291. The standard InChI is InChI=1S/C16H22N4O3/c1-3-13(21)10-19-4-6-20(7-5-19)16(22)12-8-14-11(2)18-23-15(14)17-9-12/h8-9,13,21H,3-7,10H2,1-2H3/t13-/m0/s1. The van der Waals surface area contributed by atoms with Crippen molar-refractivity contribution >= 4 is 17.0 Å². The summed E-state index contributed by atoms with van der Waals surface area (Å²) in [5, 5.41) is 14.4. The van der Waals surface area contributed by atoms with Crippen molar-refractivity contribution in [2.45, 2.75) is 26.4 Å². The Bertz CT molecular complexity index is 692. The van der Waals surface area contributed by atoms with E-state index >= 15 is 0 Å². The normalized spacial score (nSPS) is 17.6. The first kappa shape index (κ1) is 15.9. The van der Waals surface area contributed by atoms with E-state index < -0.39 is 0 Å². The van der Waals surface area contributed by atoms with E-state index in [1.54, 1.807) is 12.3 Å². The molecule has 1 N–H and O–H groups in total. The first-order valence-corrected chi connectivity index (χ1v) is 8.00. The predicted molar refractivity (Wildman–Crippen MR) is 85.2 cm³/mol. The number of hydrogen-bond acceptors (Lipinski definition) is 6. The van der Waals surface area contributed by atoms with Crippen molar-refractivity contribution in [2.75, 3.05) is 32.7 Å². The molecule has 0 spiro atoms. The maximum Gasteiger partial charge on any atom is 0.257 e. The van der Waals surface area contributed by atoms with Gasteiger partial charge in [0.25, 0.3) is 11.6 Å². The van der Waals surface area contributed by atoms with E-state index in [1.807, 2.05) is 18.7 Å². The fourth-order valence-electron chi connectivity index (χ4n) is 2.81. The molecular weight excluding hydrogens is 296 g/mol. The topological polar surface area (TPSA) is 82.7 Å². The Morgan fingerprint density at radius 3 is 2.83 bits per heavy atom. The highest BCUT2D eigenvalue weighted by Crippen LogP contribution is 2.18. The first-order valence-electron chi connectivity index (χ1n) is 8.00. The summed E-state index contributed by atoms with van der Waals surface area (Å²) in [6.45, 7) is 7.37. The fraction of sp³-hybridized carbons (Fsp3) is 0.562. The number of hydrogen-bond donors (Lipinski definition) is 1. The lowest BCUT2D eigenvalue weighted by molar-refractivity contribution is 0.0523. The summed E-state index contributed by atoms with van der Waals surface area (Å²) in [7, 11) is 0. The summed E-state index contributed by atoms with van der Waals surface area (Å²) in [6.07, 6.45) is 2.01. The minimum Gasteiger partial charge on any atom is -0.392 e. The number of aryl methyl sites for hydroxylation is 1. The molecule has 7 heteroatoms. The Hall–Kier alpha value is -1.99. The molecule has 1 fully saturated rings. The smallest absolute Gasteiger partial charge is 0.257 e. The van der Waals surface area contributed by atoms with Gasteiger partial charge in [-0.25, -0.2) is 4.98 Å². The number of aliphatic hydroxyl groups is 1. The monoisotopic (exact) mass is 318 g/mol. The number of fused-ring (bicyclic) bond motifs is 1. The average molecular weight is 318 g/mol. The van der Waals surface area contributed by atoms with Gasteiger partial charge in [0.15, 0.2) is 0 Å². The molecule has 0 radical (unpaired) electrons. The van der Waals surface area contributed by atoms with Crippen LogP contribution in [0.2, 0.25) is 0 Å². The van der Waals surface area contributed by atoms with E-state index in [0.29, 0.717) is 30.9 Å². The van der Waals surface area contributed by atoms with Gasteiger partial charge in [-0.05, 0) is 19.4 Å². The number of pyridine rings is 1. The number of aromatic nitrogens is 2. The lowest BCUT2D eigenvalue weighted by Gasteiger charge is -2.35. The lowest BCUT2D eigenvalue weighted by atomic mass is 10.1. The summed E-state index contributed by atoms with van der Waals surface area (Å²) in [5.41, 5.74) is 1.75. The molecule has 0 unspecified atom stereocenters. The molecule has 3 rings (SSSR count). The lowest BCUT2D eigenvalue weighted by Crippen LogP contribution is -2.50. The summed E-state index contributed by atoms with van der Waals surface area (Å²) < 4.78 is 5.07. The van der Waals surface area contributed by atoms with Gasteiger partial charge in [-0.15, -0.1) is 0 Å². The predicted octanol–water partition coefficient (Wildman–Crippen LogP) is 1.06. The van der Waals surface area contributed by atoms with Crippen molar-refractivity contribution in [1.82, 2.24) is 19.9 Å². The van der Waals surface area contributed by atoms with E-state index in [4.69, 9.17) is 4.52 Å². The number of amides is 1. The second-order valence-corrected chi connectivity index (χ2v) is 6.00. The molecule has 0 bridgehead atoms. The molecule has 0 saturated carbocycles. The molecule has 2 aromatic heterocycles. The highest BCUT2D eigenvalue weighted by molar-refractivity contribution is 5.97. The van der Waals surface area contributed by atoms with Crippen LogP contribution < -0.4 is 0 Å². The van der Waals surface area contributed by atoms with Crippen LogP contribution in [0.1, 0.15) is 29.4 Å². The summed E-state index contributed by atoms with van der Waals surface area (Å²) in [4.78, 5) is 20.8. The highest BCUT2D eigenvalue weighted by atomic mass is 16.5. The zero-order chi connectivity index (χ0) is 16.4.